The van der Waals surface area contributed by atoms with Crippen LogP contribution in [0.4, 0.5) is 0 Å². The van der Waals surface area contributed by atoms with Crippen LogP contribution in [0.5, 0.6) is 0 Å². The Labute approximate surface area is 145 Å². The third kappa shape index (κ3) is 3.78. The number of likely N-dealkylation sites (tertiary alicyclic amines) is 2. The fourth-order valence-electron chi connectivity index (χ4n) is 4.02. The van der Waals surface area contributed by atoms with Crippen molar-refractivity contribution >= 4 is 0 Å². The number of piperidine rings is 2. The van der Waals surface area contributed by atoms with Gasteiger partial charge < -0.3 is 0 Å². The highest BCUT2D eigenvalue weighted by molar-refractivity contribution is 5.34. The summed E-state index contributed by atoms with van der Waals surface area (Å²) in [5.41, 5.74) is 2.11. The molecule has 0 radical (unpaired) electrons. The van der Waals surface area contributed by atoms with Crippen LogP contribution in [-0.4, -0.2) is 36.0 Å². The zero-order valence-corrected chi connectivity index (χ0v) is 14.3. The normalized spacial score (nSPS) is 20.0. The largest absolute Gasteiger partial charge is 0.284 e. The summed E-state index contributed by atoms with van der Waals surface area (Å²) >= 11 is 0. The van der Waals surface area contributed by atoms with E-state index in [1.807, 2.05) is 12.1 Å². The van der Waals surface area contributed by atoms with Gasteiger partial charge in [-0.05, 0) is 63.0 Å². The summed E-state index contributed by atoms with van der Waals surface area (Å²) in [6, 6.07) is 12.3. The van der Waals surface area contributed by atoms with Gasteiger partial charge in [0.05, 0.1) is 18.3 Å². The molecule has 0 spiro atoms. The second-order valence-corrected chi connectivity index (χ2v) is 6.92. The van der Waals surface area contributed by atoms with Crippen molar-refractivity contribution in [2.24, 2.45) is 0 Å². The van der Waals surface area contributed by atoms with Gasteiger partial charge in [-0.2, -0.15) is 10.5 Å². The Bertz CT molecular complexity index is 566. The van der Waals surface area contributed by atoms with Crippen LogP contribution >= 0.6 is 0 Å². The van der Waals surface area contributed by atoms with Crippen LogP contribution in [0.2, 0.25) is 0 Å². The predicted octanol–water partition coefficient (Wildman–Crippen LogP) is 3.79. The van der Waals surface area contributed by atoms with E-state index < -0.39 is 5.92 Å². The molecule has 0 amide bonds. The van der Waals surface area contributed by atoms with Gasteiger partial charge >= 0.3 is 0 Å². The van der Waals surface area contributed by atoms with Crippen molar-refractivity contribution in [2.45, 2.75) is 50.6 Å². The van der Waals surface area contributed by atoms with E-state index in [0.29, 0.717) is 6.17 Å². The first-order valence-electron chi connectivity index (χ1n) is 9.20. The van der Waals surface area contributed by atoms with E-state index in [1.54, 1.807) is 0 Å². The summed E-state index contributed by atoms with van der Waals surface area (Å²) in [7, 11) is 0. The second kappa shape index (κ2) is 8.29. The molecule has 1 aromatic carbocycles. The van der Waals surface area contributed by atoms with Crippen molar-refractivity contribution < 1.29 is 0 Å². The molecule has 3 rings (SSSR count). The molecule has 0 bridgehead atoms. The highest BCUT2D eigenvalue weighted by Gasteiger charge is 2.29. The molecule has 0 unspecified atom stereocenters. The topological polar surface area (TPSA) is 54.1 Å². The number of nitriles is 2. The molecule has 4 heteroatoms. The zero-order chi connectivity index (χ0) is 16.8. The first-order chi connectivity index (χ1) is 11.8. The van der Waals surface area contributed by atoms with Crippen LogP contribution in [-0.2, 0) is 0 Å². The van der Waals surface area contributed by atoms with Crippen LogP contribution in [0, 0.1) is 22.7 Å². The van der Waals surface area contributed by atoms with Crippen LogP contribution in [0.1, 0.15) is 61.7 Å². The minimum Gasteiger partial charge on any atom is -0.284 e. The maximum Gasteiger partial charge on any atom is 0.158 e. The lowest BCUT2D eigenvalue weighted by atomic mass is 9.98. The number of hydrogen-bond donors (Lipinski definition) is 0. The van der Waals surface area contributed by atoms with E-state index in [-0.39, 0.29) is 0 Å². The van der Waals surface area contributed by atoms with Crippen molar-refractivity contribution in [2.75, 3.05) is 26.2 Å². The lowest BCUT2D eigenvalue weighted by Gasteiger charge is -2.43. The van der Waals surface area contributed by atoms with E-state index >= 15 is 0 Å². The maximum absolute atomic E-state index is 9.08. The van der Waals surface area contributed by atoms with Gasteiger partial charge in [-0.3, -0.25) is 9.80 Å². The minimum absolute atomic E-state index is 0.349. The third-order valence-corrected chi connectivity index (χ3v) is 5.30. The SMILES string of the molecule is N#CC(C#N)c1ccc(C(N2CCCCC2)N2CCCCC2)cc1. The van der Waals surface area contributed by atoms with E-state index in [1.165, 1.54) is 70.3 Å². The summed E-state index contributed by atoms with van der Waals surface area (Å²) in [5.74, 6) is -0.664. The Kier molecular flexibility index (Phi) is 5.86. The highest BCUT2D eigenvalue weighted by atomic mass is 15.4. The molecule has 1 aromatic rings. The molecule has 0 aromatic heterocycles. The smallest absolute Gasteiger partial charge is 0.158 e. The predicted molar refractivity (Wildman–Crippen MR) is 94.0 cm³/mol. The molecule has 0 saturated carbocycles. The summed E-state index contributed by atoms with van der Waals surface area (Å²) in [6.45, 7) is 4.67. The summed E-state index contributed by atoms with van der Waals surface area (Å²) in [5, 5.41) is 18.2. The number of hydrogen-bond acceptors (Lipinski definition) is 4. The Morgan fingerprint density at radius 2 is 1.08 bits per heavy atom. The van der Waals surface area contributed by atoms with Crippen molar-refractivity contribution in [1.82, 2.24) is 9.80 Å². The van der Waals surface area contributed by atoms with Crippen LogP contribution in [0.15, 0.2) is 24.3 Å². The van der Waals surface area contributed by atoms with Gasteiger partial charge in [-0.1, -0.05) is 37.1 Å². The van der Waals surface area contributed by atoms with E-state index in [9.17, 15) is 0 Å². The first kappa shape index (κ1) is 17.0. The number of rotatable bonds is 4. The molecule has 4 nitrogen and oxygen atoms in total. The monoisotopic (exact) mass is 322 g/mol. The summed E-state index contributed by atoms with van der Waals surface area (Å²) < 4.78 is 0. The van der Waals surface area contributed by atoms with Gasteiger partial charge in [0.25, 0.3) is 0 Å². The molecule has 126 valence electrons. The summed E-state index contributed by atoms with van der Waals surface area (Å²) in [4.78, 5) is 5.24. The van der Waals surface area contributed by atoms with Crippen molar-refractivity contribution in [3.63, 3.8) is 0 Å². The fraction of sp³-hybridized carbons (Fsp3) is 0.600. The zero-order valence-electron chi connectivity index (χ0n) is 14.3. The van der Waals surface area contributed by atoms with Crippen molar-refractivity contribution in [3.05, 3.63) is 35.4 Å². The second-order valence-electron chi connectivity index (χ2n) is 6.92. The first-order valence-corrected chi connectivity index (χ1v) is 9.20. The molecule has 0 aliphatic carbocycles. The molecule has 0 N–H and O–H groups in total. The quantitative estimate of drug-likeness (QED) is 0.846. The van der Waals surface area contributed by atoms with Crippen LogP contribution in [0.25, 0.3) is 0 Å². The Hall–Kier alpha value is -1.88. The van der Waals surface area contributed by atoms with E-state index in [4.69, 9.17) is 10.5 Å². The Morgan fingerprint density at radius 3 is 1.50 bits per heavy atom. The van der Waals surface area contributed by atoms with Gasteiger partial charge in [0.1, 0.15) is 0 Å². The number of nitrogens with zero attached hydrogens (tertiary/aromatic N) is 4. The highest BCUT2D eigenvalue weighted by Crippen LogP contribution is 2.31. The van der Waals surface area contributed by atoms with Crippen molar-refractivity contribution in [1.29, 1.82) is 10.5 Å². The average Bonchev–Trinajstić information content (AvgIpc) is 2.66. The molecule has 2 aliphatic heterocycles. The van der Waals surface area contributed by atoms with Crippen LogP contribution in [0.3, 0.4) is 0 Å². The maximum atomic E-state index is 9.08. The summed E-state index contributed by atoms with van der Waals surface area (Å²) in [6.07, 6.45) is 8.17. The lowest BCUT2D eigenvalue weighted by molar-refractivity contribution is 0.0156. The molecule has 24 heavy (non-hydrogen) atoms. The molecule has 2 saturated heterocycles. The van der Waals surface area contributed by atoms with Gasteiger partial charge in [0, 0.05) is 0 Å². The molecular formula is C20H26N4. The third-order valence-electron chi connectivity index (χ3n) is 5.30. The average molecular weight is 322 g/mol. The molecule has 2 fully saturated rings. The van der Waals surface area contributed by atoms with E-state index in [2.05, 4.69) is 34.1 Å². The fourth-order valence-corrected chi connectivity index (χ4v) is 4.02. The van der Waals surface area contributed by atoms with E-state index in [0.717, 1.165) is 5.56 Å². The molecule has 2 heterocycles. The Balaban J connectivity index is 1.84. The molecule has 0 atom stereocenters. The van der Waals surface area contributed by atoms with Gasteiger partial charge in [0.2, 0.25) is 0 Å². The number of benzene rings is 1. The molecule has 2 aliphatic rings. The van der Waals surface area contributed by atoms with Gasteiger partial charge in [-0.15, -0.1) is 0 Å². The van der Waals surface area contributed by atoms with Crippen LogP contribution < -0.4 is 0 Å². The minimum atomic E-state index is -0.664. The Morgan fingerprint density at radius 1 is 0.667 bits per heavy atom. The van der Waals surface area contributed by atoms with Gasteiger partial charge in [0.15, 0.2) is 5.92 Å². The molecular weight excluding hydrogens is 296 g/mol. The lowest BCUT2D eigenvalue weighted by Crippen LogP contribution is -2.45. The van der Waals surface area contributed by atoms with Crippen molar-refractivity contribution in [3.8, 4) is 12.1 Å². The standard InChI is InChI=1S/C20H26N4/c21-15-19(16-22)17-7-9-18(10-8-17)20(23-11-3-1-4-12-23)24-13-5-2-6-14-24/h7-10,19-20H,1-6,11-14H2. The van der Waals surface area contributed by atoms with Gasteiger partial charge in [-0.25, -0.2) is 0 Å².